The van der Waals surface area contributed by atoms with Gasteiger partial charge in [0.1, 0.15) is 22.3 Å². The maximum atomic E-state index is 14.0. The number of hydrogen-bond acceptors (Lipinski definition) is 4. The average Bonchev–Trinajstić information content (AvgIpc) is 2.72. The van der Waals surface area contributed by atoms with Crippen molar-refractivity contribution in [3.63, 3.8) is 0 Å². The maximum Gasteiger partial charge on any atom is 0.246 e. The summed E-state index contributed by atoms with van der Waals surface area (Å²) < 4.78 is 67.0. The van der Waals surface area contributed by atoms with Gasteiger partial charge in [-0.25, -0.2) is 21.6 Å². The molecule has 0 bridgehead atoms. The zero-order chi connectivity index (χ0) is 22.3. The van der Waals surface area contributed by atoms with Gasteiger partial charge >= 0.3 is 0 Å². The molecule has 11 heteroatoms. The fourth-order valence-electron chi connectivity index (χ4n) is 3.85. The van der Waals surface area contributed by atoms with Crippen LogP contribution in [0.15, 0.2) is 41.3 Å². The molecule has 1 saturated heterocycles. The zero-order valence-electron chi connectivity index (χ0n) is 16.1. The van der Waals surface area contributed by atoms with Gasteiger partial charge in [-0.15, -0.1) is 0 Å². The second-order valence-electron chi connectivity index (χ2n) is 7.34. The fourth-order valence-corrected chi connectivity index (χ4v) is 5.32. The third kappa shape index (κ3) is 4.02. The van der Waals surface area contributed by atoms with E-state index in [2.05, 4.69) is 5.32 Å². The highest BCUT2D eigenvalue weighted by Gasteiger charge is 2.37. The molecule has 7 nitrogen and oxygen atoms in total. The van der Waals surface area contributed by atoms with Gasteiger partial charge in [-0.1, -0.05) is 6.07 Å². The van der Waals surface area contributed by atoms with Crippen LogP contribution in [0.4, 0.5) is 18.9 Å². The molecule has 1 atom stereocenters. The van der Waals surface area contributed by atoms with E-state index >= 15 is 0 Å². The summed E-state index contributed by atoms with van der Waals surface area (Å²) in [7, 11) is -4.20. The van der Waals surface area contributed by atoms with Crippen LogP contribution in [-0.2, 0) is 19.6 Å². The van der Waals surface area contributed by atoms with E-state index in [1.165, 1.54) is 17.0 Å². The molecule has 2 aliphatic heterocycles. The van der Waals surface area contributed by atoms with Crippen molar-refractivity contribution in [2.45, 2.75) is 17.2 Å². The van der Waals surface area contributed by atoms with Gasteiger partial charge < -0.3 is 10.2 Å². The predicted octanol–water partition coefficient (Wildman–Crippen LogP) is 2.06. The van der Waals surface area contributed by atoms with Crippen molar-refractivity contribution < 1.29 is 31.2 Å². The third-order valence-corrected chi connectivity index (χ3v) is 7.35. The average molecular weight is 453 g/mol. The molecule has 0 spiro atoms. The molecule has 0 saturated carbocycles. The van der Waals surface area contributed by atoms with E-state index in [-0.39, 0.29) is 44.2 Å². The first-order chi connectivity index (χ1) is 14.7. The number of halogens is 3. The Morgan fingerprint density at radius 1 is 0.968 bits per heavy atom. The monoisotopic (exact) mass is 453 g/mol. The smallest absolute Gasteiger partial charge is 0.246 e. The fraction of sp³-hybridized carbons (Fsp3) is 0.300. The highest BCUT2D eigenvalue weighted by Crippen LogP contribution is 2.34. The SMILES string of the molecule is O=C1C[C@@H](C(=O)N2CCN(S(=O)(=O)c3ccc(F)cc3F)CC2)c2ccc(F)cc2N1. The Kier molecular flexibility index (Phi) is 5.48. The molecule has 0 radical (unpaired) electrons. The molecular weight excluding hydrogens is 435 g/mol. The van der Waals surface area contributed by atoms with Crippen LogP contribution < -0.4 is 5.32 Å². The molecule has 0 aromatic heterocycles. The number of hydrogen-bond donors (Lipinski definition) is 1. The summed E-state index contributed by atoms with van der Waals surface area (Å²) in [5.74, 6) is -4.20. The highest BCUT2D eigenvalue weighted by atomic mass is 32.2. The number of benzene rings is 2. The van der Waals surface area contributed by atoms with Crippen molar-refractivity contribution >= 4 is 27.5 Å². The topological polar surface area (TPSA) is 86.8 Å². The van der Waals surface area contributed by atoms with Gasteiger partial charge in [0.25, 0.3) is 0 Å². The zero-order valence-corrected chi connectivity index (χ0v) is 17.0. The van der Waals surface area contributed by atoms with E-state index < -0.39 is 44.2 Å². The summed E-state index contributed by atoms with van der Waals surface area (Å²) in [6.45, 7) is -0.0921. The summed E-state index contributed by atoms with van der Waals surface area (Å²) in [5.41, 5.74) is 0.733. The molecule has 2 amide bonds. The van der Waals surface area contributed by atoms with Crippen molar-refractivity contribution in [2.24, 2.45) is 0 Å². The number of piperazine rings is 1. The highest BCUT2D eigenvalue weighted by molar-refractivity contribution is 7.89. The Morgan fingerprint density at radius 3 is 2.29 bits per heavy atom. The number of anilines is 1. The van der Waals surface area contributed by atoms with Gasteiger partial charge in [-0.2, -0.15) is 4.31 Å². The van der Waals surface area contributed by atoms with Crippen LogP contribution >= 0.6 is 0 Å². The van der Waals surface area contributed by atoms with Gasteiger partial charge in [0, 0.05) is 44.4 Å². The molecule has 31 heavy (non-hydrogen) atoms. The molecule has 1 fully saturated rings. The number of nitrogens with one attached hydrogen (secondary N) is 1. The first-order valence-corrected chi connectivity index (χ1v) is 10.9. The van der Waals surface area contributed by atoms with Crippen molar-refractivity contribution in [2.75, 3.05) is 31.5 Å². The minimum absolute atomic E-state index is 0.0372. The molecule has 0 unspecified atom stereocenters. The van der Waals surface area contributed by atoms with Gasteiger partial charge in [-0.3, -0.25) is 9.59 Å². The Hall–Kier alpha value is -2.92. The quantitative estimate of drug-likeness (QED) is 0.771. The minimum Gasteiger partial charge on any atom is -0.340 e. The number of rotatable bonds is 3. The standard InChI is InChI=1S/C20H18F3N3O4S/c21-12-2-4-18(16(23)9-12)31(29,30)26-7-5-25(6-8-26)20(28)15-11-19(27)24-17-10-13(22)1-3-14(15)17/h1-4,9-10,15H,5-8,11H2,(H,24,27)/t15-/m1/s1. The van der Waals surface area contributed by atoms with Crippen LogP contribution in [0.1, 0.15) is 17.9 Å². The molecule has 2 aromatic rings. The van der Waals surface area contributed by atoms with Gasteiger partial charge in [-0.05, 0) is 29.8 Å². The summed E-state index contributed by atoms with van der Waals surface area (Å²) in [5, 5.41) is 2.54. The minimum atomic E-state index is -4.20. The Labute approximate surface area is 176 Å². The van der Waals surface area contributed by atoms with Crippen molar-refractivity contribution in [3.05, 3.63) is 59.4 Å². The molecule has 1 N–H and O–H groups in total. The molecule has 164 valence electrons. The van der Waals surface area contributed by atoms with Crippen LogP contribution in [0.25, 0.3) is 0 Å². The Bertz CT molecular complexity index is 1160. The largest absolute Gasteiger partial charge is 0.340 e. The van der Waals surface area contributed by atoms with Crippen LogP contribution in [0.5, 0.6) is 0 Å². The first kappa shape index (κ1) is 21.3. The van der Waals surface area contributed by atoms with Gasteiger partial charge in [0.15, 0.2) is 0 Å². The lowest BCUT2D eigenvalue weighted by atomic mass is 9.89. The predicted molar refractivity (Wildman–Crippen MR) is 104 cm³/mol. The maximum absolute atomic E-state index is 14.0. The van der Waals surface area contributed by atoms with Gasteiger partial charge in [0.05, 0.1) is 5.92 Å². The first-order valence-electron chi connectivity index (χ1n) is 9.50. The van der Waals surface area contributed by atoms with Crippen molar-refractivity contribution in [1.29, 1.82) is 0 Å². The second-order valence-corrected chi connectivity index (χ2v) is 9.25. The summed E-state index contributed by atoms with van der Waals surface area (Å²) in [6, 6.07) is 6.04. The number of sulfonamides is 1. The normalized spacial score (nSPS) is 19.6. The lowest BCUT2D eigenvalue weighted by Gasteiger charge is -2.36. The molecule has 2 aliphatic rings. The van der Waals surface area contributed by atoms with Crippen LogP contribution in [0, 0.1) is 17.5 Å². The molecule has 2 aromatic carbocycles. The number of carbonyl (C=O) groups excluding carboxylic acids is 2. The van der Waals surface area contributed by atoms with Crippen LogP contribution in [-0.4, -0.2) is 55.6 Å². The second kappa shape index (κ2) is 7.97. The number of fused-ring (bicyclic) bond motifs is 1. The van der Waals surface area contributed by atoms with E-state index in [4.69, 9.17) is 0 Å². The lowest BCUT2D eigenvalue weighted by Crippen LogP contribution is -2.52. The summed E-state index contributed by atoms with van der Waals surface area (Å²) in [6.07, 6.45) is -0.100. The van der Waals surface area contributed by atoms with E-state index in [1.54, 1.807) is 0 Å². The Balaban J connectivity index is 1.49. The number of amides is 2. The summed E-state index contributed by atoms with van der Waals surface area (Å²) >= 11 is 0. The van der Waals surface area contributed by atoms with E-state index in [9.17, 15) is 31.2 Å². The van der Waals surface area contributed by atoms with Crippen molar-refractivity contribution in [1.82, 2.24) is 9.21 Å². The number of nitrogens with zero attached hydrogens (tertiary/aromatic N) is 2. The molecule has 4 rings (SSSR count). The molecular formula is C20H18F3N3O4S. The van der Waals surface area contributed by atoms with Crippen molar-refractivity contribution in [3.8, 4) is 0 Å². The van der Waals surface area contributed by atoms with E-state index in [1.807, 2.05) is 0 Å². The lowest BCUT2D eigenvalue weighted by molar-refractivity contribution is -0.136. The summed E-state index contributed by atoms with van der Waals surface area (Å²) in [4.78, 5) is 25.8. The third-order valence-electron chi connectivity index (χ3n) is 5.41. The van der Waals surface area contributed by atoms with Crippen LogP contribution in [0.3, 0.4) is 0 Å². The number of carbonyl (C=O) groups is 2. The van der Waals surface area contributed by atoms with Gasteiger partial charge in [0.2, 0.25) is 21.8 Å². The molecule has 0 aliphatic carbocycles. The molecule has 2 heterocycles. The Morgan fingerprint density at radius 2 is 1.61 bits per heavy atom. The van der Waals surface area contributed by atoms with E-state index in [0.29, 0.717) is 11.6 Å². The van der Waals surface area contributed by atoms with E-state index in [0.717, 1.165) is 22.5 Å². The van der Waals surface area contributed by atoms with Crippen LogP contribution in [0.2, 0.25) is 0 Å².